The molecule has 2 unspecified atom stereocenters. The zero-order valence-electron chi connectivity index (χ0n) is 16.0. The van der Waals surface area contributed by atoms with Gasteiger partial charge in [0.2, 0.25) is 0 Å². The number of ether oxygens (including phenoxy) is 1. The minimum absolute atomic E-state index is 0.151. The minimum Gasteiger partial charge on any atom is -0.444 e. The van der Waals surface area contributed by atoms with Crippen molar-refractivity contribution in [2.75, 3.05) is 0 Å². The van der Waals surface area contributed by atoms with E-state index in [-0.39, 0.29) is 5.92 Å². The lowest BCUT2D eigenvalue weighted by molar-refractivity contribution is -0.121. The van der Waals surface area contributed by atoms with E-state index in [1.807, 2.05) is 19.9 Å². The van der Waals surface area contributed by atoms with Gasteiger partial charge in [-0.3, -0.25) is 9.52 Å². The van der Waals surface area contributed by atoms with E-state index in [4.69, 9.17) is 4.74 Å². The Morgan fingerprint density at radius 3 is 2.50 bits per heavy atom. The molecule has 2 atom stereocenters. The molecule has 1 rings (SSSR count). The summed E-state index contributed by atoms with van der Waals surface area (Å²) in [6.45, 7) is 12.8. The molecule has 1 aromatic carbocycles. The van der Waals surface area contributed by atoms with Crippen LogP contribution >= 0.6 is 0 Å². The molecule has 26 heavy (non-hydrogen) atoms. The van der Waals surface area contributed by atoms with Crippen molar-refractivity contribution in [1.82, 2.24) is 10.0 Å². The van der Waals surface area contributed by atoms with E-state index in [9.17, 15) is 13.8 Å². The van der Waals surface area contributed by atoms with Crippen LogP contribution in [-0.4, -0.2) is 27.9 Å². The fourth-order valence-corrected chi connectivity index (χ4v) is 3.02. The van der Waals surface area contributed by atoms with Crippen LogP contribution < -0.4 is 10.0 Å². The van der Waals surface area contributed by atoms with Crippen molar-refractivity contribution < 1.29 is 18.5 Å². The second-order valence-electron chi connectivity index (χ2n) is 7.34. The molecule has 0 aliphatic rings. The maximum atomic E-state index is 12.5. The molecule has 0 aromatic heterocycles. The molecule has 2 amide bonds. The molecule has 7 heteroatoms. The lowest BCUT2D eigenvalue weighted by Gasteiger charge is -2.24. The zero-order valence-corrected chi connectivity index (χ0v) is 16.8. The first-order chi connectivity index (χ1) is 12.0. The predicted molar refractivity (Wildman–Crippen MR) is 104 cm³/mol. The Kier molecular flexibility index (Phi) is 8.02. The number of amides is 2. The molecule has 144 valence electrons. The molecule has 2 N–H and O–H groups in total. The van der Waals surface area contributed by atoms with Gasteiger partial charge >= 0.3 is 6.09 Å². The van der Waals surface area contributed by atoms with E-state index in [0.29, 0.717) is 11.3 Å². The van der Waals surface area contributed by atoms with Crippen LogP contribution in [0.4, 0.5) is 4.79 Å². The third kappa shape index (κ3) is 7.82. The van der Waals surface area contributed by atoms with Crippen LogP contribution in [0.5, 0.6) is 0 Å². The highest BCUT2D eigenvalue weighted by molar-refractivity contribution is 7.83. The highest BCUT2D eigenvalue weighted by atomic mass is 32.2. The lowest BCUT2D eigenvalue weighted by atomic mass is 10.0. The normalized spacial score (nSPS) is 13.6. The Labute approximate surface area is 158 Å². The first-order valence-electron chi connectivity index (χ1n) is 8.46. The molecule has 0 fully saturated rings. The van der Waals surface area contributed by atoms with Crippen molar-refractivity contribution in [1.29, 1.82) is 0 Å². The summed E-state index contributed by atoms with van der Waals surface area (Å²) in [6.07, 6.45) is 1.35. The summed E-state index contributed by atoms with van der Waals surface area (Å²) >= 11 is 0. The van der Waals surface area contributed by atoms with Crippen LogP contribution in [0.3, 0.4) is 0 Å². The van der Waals surface area contributed by atoms with Gasteiger partial charge in [0.1, 0.15) is 11.6 Å². The molecular formula is C19H28N2O4S. The molecule has 0 heterocycles. The van der Waals surface area contributed by atoms with Crippen molar-refractivity contribution in [3.05, 3.63) is 36.4 Å². The van der Waals surface area contributed by atoms with Gasteiger partial charge in [-0.25, -0.2) is 9.00 Å². The Balaban J connectivity index is 2.83. The minimum atomic E-state index is -1.73. The third-order valence-electron chi connectivity index (χ3n) is 3.22. The van der Waals surface area contributed by atoms with Gasteiger partial charge in [0, 0.05) is 0 Å². The second-order valence-corrected chi connectivity index (χ2v) is 8.55. The fraction of sp³-hybridized carbons (Fsp3) is 0.474. The van der Waals surface area contributed by atoms with Gasteiger partial charge in [0.05, 0.1) is 4.90 Å². The highest BCUT2D eigenvalue weighted by Crippen LogP contribution is 2.12. The van der Waals surface area contributed by atoms with Gasteiger partial charge < -0.3 is 10.1 Å². The maximum absolute atomic E-state index is 12.5. The predicted octanol–water partition coefficient (Wildman–Crippen LogP) is 3.41. The standard InChI is InChI=1S/C19H28N2O4S/c1-7-14-9-8-10-15(12-14)26(24)21-17(22)16(11-13(2)3)20-18(23)25-19(4,5)6/h7-10,12-13,16H,1,11H2,2-6H3,(H,20,23)(H,21,22). The van der Waals surface area contributed by atoms with Crippen LogP contribution in [0, 0.1) is 5.92 Å². The Morgan fingerprint density at radius 1 is 1.31 bits per heavy atom. The monoisotopic (exact) mass is 380 g/mol. The molecule has 0 radical (unpaired) electrons. The van der Waals surface area contributed by atoms with Crippen LogP contribution in [-0.2, 0) is 20.5 Å². The summed E-state index contributed by atoms with van der Waals surface area (Å²) in [5.41, 5.74) is 0.132. The Morgan fingerprint density at radius 2 is 1.96 bits per heavy atom. The number of nitrogens with one attached hydrogen (secondary N) is 2. The van der Waals surface area contributed by atoms with Crippen molar-refractivity contribution in [3.63, 3.8) is 0 Å². The third-order valence-corrected chi connectivity index (χ3v) is 4.28. The van der Waals surface area contributed by atoms with Gasteiger partial charge in [-0.05, 0) is 50.8 Å². The van der Waals surface area contributed by atoms with Crippen LogP contribution in [0.25, 0.3) is 6.08 Å². The summed E-state index contributed by atoms with van der Waals surface area (Å²) in [5, 5.41) is 2.56. The van der Waals surface area contributed by atoms with Crippen LogP contribution in [0.2, 0.25) is 0 Å². The first-order valence-corrected chi connectivity index (χ1v) is 9.61. The van der Waals surface area contributed by atoms with E-state index in [2.05, 4.69) is 16.6 Å². The number of alkyl carbamates (subject to hydrolysis) is 1. The second kappa shape index (κ2) is 9.52. The average molecular weight is 381 g/mol. The lowest BCUT2D eigenvalue weighted by Crippen LogP contribution is -2.49. The molecule has 0 aliphatic heterocycles. The van der Waals surface area contributed by atoms with Crippen LogP contribution in [0.15, 0.2) is 35.7 Å². The van der Waals surface area contributed by atoms with Crippen molar-refractivity contribution in [2.45, 2.75) is 57.6 Å². The van der Waals surface area contributed by atoms with E-state index < -0.39 is 34.6 Å². The largest absolute Gasteiger partial charge is 0.444 e. The molecule has 0 spiro atoms. The highest BCUT2D eigenvalue weighted by Gasteiger charge is 2.26. The van der Waals surface area contributed by atoms with E-state index in [1.54, 1.807) is 45.0 Å². The van der Waals surface area contributed by atoms with Gasteiger partial charge in [-0.1, -0.05) is 38.6 Å². The summed E-state index contributed by atoms with van der Waals surface area (Å²) in [6, 6.07) is 6.06. The Bertz CT molecular complexity index is 680. The molecule has 0 bridgehead atoms. The molecule has 6 nitrogen and oxygen atoms in total. The molecule has 0 saturated carbocycles. The molecule has 0 saturated heterocycles. The first kappa shape index (κ1) is 21.9. The van der Waals surface area contributed by atoms with E-state index >= 15 is 0 Å². The van der Waals surface area contributed by atoms with Crippen molar-refractivity contribution in [2.24, 2.45) is 5.92 Å². The number of carbonyl (C=O) groups excluding carboxylic acids is 2. The zero-order chi connectivity index (χ0) is 19.9. The van der Waals surface area contributed by atoms with Gasteiger partial charge in [-0.2, -0.15) is 0 Å². The number of hydrogen-bond donors (Lipinski definition) is 2. The number of carbonyl (C=O) groups is 2. The quantitative estimate of drug-likeness (QED) is 0.759. The molecular weight excluding hydrogens is 352 g/mol. The maximum Gasteiger partial charge on any atom is 0.408 e. The van der Waals surface area contributed by atoms with Gasteiger partial charge in [0.25, 0.3) is 5.91 Å². The summed E-state index contributed by atoms with van der Waals surface area (Å²) in [7, 11) is -1.73. The SMILES string of the molecule is C=Cc1cccc(S(=O)NC(=O)C(CC(C)C)NC(=O)OC(C)(C)C)c1. The number of rotatable bonds is 7. The topological polar surface area (TPSA) is 84.5 Å². The fourth-order valence-electron chi connectivity index (χ4n) is 2.13. The van der Waals surface area contributed by atoms with E-state index in [0.717, 1.165) is 5.56 Å². The van der Waals surface area contributed by atoms with Gasteiger partial charge in [-0.15, -0.1) is 0 Å². The van der Waals surface area contributed by atoms with Crippen molar-refractivity contribution in [3.8, 4) is 0 Å². The summed E-state index contributed by atoms with van der Waals surface area (Å²) in [4.78, 5) is 25.0. The van der Waals surface area contributed by atoms with Gasteiger partial charge in [0.15, 0.2) is 11.0 Å². The van der Waals surface area contributed by atoms with E-state index in [1.165, 1.54) is 0 Å². The molecule has 1 aromatic rings. The Hall–Kier alpha value is -2.15. The average Bonchev–Trinajstić information content (AvgIpc) is 2.51. The number of hydrogen-bond acceptors (Lipinski definition) is 4. The van der Waals surface area contributed by atoms with Crippen LogP contribution in [0.1, 0.15) is 46.6 Å². The summed E-state index contributed by atoms with van der Waals surface area (Å²) < 4.78 is 20.1. The molecule has 0 aliphatic carbocycles. The number of benzene rings is 1. The van der Waals surface area contributed by atoms with Crippen molar-refractivity contribution >= 4 is 29.1 Å². The summed E-state index contributed by atoms with van der Waals surface area (Å²) in [5.74, 6) is -0.370. The smallest absolute Gasteiger partial charge is 0.408 e.